The number of β-lactam (4-membered cyclic amide) rings is 1. The maximum Gasteiger partial charge on any atom is 0.413 e. The highest BCUT2D eigenvalue weighted by Gasteiger charge is 2.54. The fraction of sp³-hybridized carbons (Fsp3) is 0.429. The minimum absolute atomic E-state index is 0.165. The first-order valence-electron chi connectivity index (χ1n) is 10.6. The molecule has 2 atom stereocenters. The van der Waals surface area contributed by atoms with Crippen molar-refractivity contribution in [2.24, 2.45) is 5.73 Å². The van der Waals surface area contributed by atoms with Crippen LogP contribution < -0.4 is 16.4 Å². The Labute approximate surface area is 214 Å². The molecule has 0 aliphatic carbocycles. The van der Waals surface area contributed by atoms with E-state index in [-0.39, 0.29) is 40.0 Å². The standard InChI is InChI=1S/C21H25N5O8S2/c1-5-10(11-8-36-19(23-11)25-20(32)34-21(2,3)4)14(27)24-12-15(28)26-13(17(29)30)9(6-33-18(22)31)7-35-16(12)26/h5,8,12,16H,6-7H2,1-4H3,(H2,22,31)(H,24,27)(H,29,30)(H,23,25,32)/t12?,16-/m0/s1. The van der Waals surface area contributed by atoms with Crippen LogP contribution >= 0.6 is 23.1 Å². The summed E-state index contributed by atoms with van der Waals surface area (Å²) in [5.74, 6) is -2.40. The molecule has 13 nitrogen and oxygen atoms in total. The van der Waals surface area contributed by atoms with Gasteiger partial charge in [-0.25, -0.2) is 19.4 Å². The van der Waals surface area contributed by atoms with E-state index in [2.05, 4.69) is 20.4 Å². The fourth-order valence-electron chi connectivity index (χ4n) is 3.41. The quantitative estimate of drug-likeness (QED) is 0.293. The van der Waals surface area contributed by atoms with Gasteiger partial charge in [0.1, 0.15) is 29.3 Å². The van der Waals surface area contributed by atoms with Crippen LogP contribution in [0.15, 0.2) is 22.7 Å². The first kappa shape index (κ1) is 27.0. The summed E-state index contributed by atoms with van der Waals surface area (Å²) in [4.78, 5) is 65.7. The largest absolute Gasteiger partial charge is 0.477 e. The summed E-state index contributed by atoms with van der Waals surface area (Å²) < 4.78 is 9.87. The molecule has 0 radical (unpaired) electrons. The van der Waals surface area contributed by atoms with E-state index in [9.17, 15) is 29.1 Å². The molecule has 5 N–H and O–H groups in total. The van der Waals surface area contributed by atoms with Crippen LogP contribution in [0, 0.1) is 0 Å². The van der Waals surface area contributed by atoms with Crippen molar-refractivity contribution >= 4 is 63.8 Å². The number of carboxylic acid groups (broad SMARTS) is 1. The number of fused-ring (bicyclic) bond motifs is 1. The van der Waals surface area contributed by atoms with Crippen LogP contribution in [0.5, 0.6) is 0 Å². The Kier molecular flexibility index (Phi) is 7.93. The zero-order chi connectivity index (χ0) is 26.8. The molecular formula is C21H25N5O8S2. The predicted molar refractivity (Wildman–Crippen MR) is 131 cm³/mol. The number of hydrogen-bond acceptors (Lipinski definition) is 10. The van der Waals surface area contributed by atoms with Crippen LogP contribution in [-0.4, -0.2) is 74.3 Å². The van der Waals surface area contributed by atoms with Gasteiger partial charge in [-0.1, -0.05) is 6.08 Å². The van der Waals surface area contributed by atoms with Crippen molar-refractivity contribution in [2.75, 3.05) is 17.7 Å². The van der Waals surface area contributed by atoms with Crippen LogP contribution in [0.1, 0.15) is 33.4 Å². The van der Waals surface area contributed by atoms with Gasteiger partial charge < -0.3 is 25.6 Å². The second-order valence-corrected chi connectivity index (χ2v) is 10.6. The summed E-state index contributed by atoms with van der Waals surface area (Å²) in [6.07, 6.45) is -0.240. The van der Waals surface area contributed by atoms with Gasteiger partial charge in [0.25, 0.3) is 11.8 Å². The number of aromatic nitrogens is 1. The highest BCUT2D eigenvalue weighted by atomic mass is 32.2. The number of nitrogens with one attached hydrogen (secondary N) is 2. The molecule has 0 spiro atoms. The van der Waals surface area contributed by atoms with Gasteiger partial charge in [0.05, 0.1) is 11.3 Å². The van der Waals surface area contributed by atoms with Gasteiger partial charge in [-0.15, -0.1) is 23.1 Å². The van der Waals surface area contributed by atoms with Crippen LogP contribution in [-0.2, 0) is 23.9 Å². The number of primary amides is 1. The van der Waals surface area contributed by atoms with Gasteiger partial charge in [0.2, 0.25) is 0 Å². The van der Waals surface area contributed by atoms with Gasteiger partial charge in [0, 0.05) is 16.7 Å². The average Bonchev–Trinajstić information content (AvgIpc) is 3.21. The maximum atomic E-state index is 13.0. The molecule has 1 aromatic rings. The molecule has 0 bridgehead atoms. The molecule has 2 aliphatic rings. The van der Waals surface area contributed by atoms with Crippen molar-refractivity contribution in [3.8, 4) is 0 Å². The van der Waals surface area contributed by atoms with E-state index >= 15 is 0 Å². The minimum Gasteiger partial charge on any atom is -0.477 e. The number of thiazole rings is 1. The summed E-state index contributed by atoms with van der Waals surface area (Å²) in [5.41, 5.74) is 4.64. The number of allylic oxidation sites excluding steroid dienone is 1. The Balaban J connectivity index is 1.68. The second-order valence-electron chi connectivity index (χ2n) is 8.59. The number of anilines is 1. The van der Waals surface area contributed by atoms with Crippen molar-refractivity contribution < 1.29 is 38.6 Å². The monoisotopic (exact) mass is 539 g/mol. The van der Waals surface area contributed by atoms with E-state index < -0.39 is 47.0 Å². The normalized spacial score (nSPS) is 19.7. The Bertz CT molecular complexity index is 1170. The summed E-state index contributed by atoms with van der Waals surface area (Å²) >= 11 is 2.31. The second kappa shape index (κ2) is 10.6. The molecule has 1 aromatic heterocycles. The zero-order valence-corrected chi connectivity index (χ0v) is 21.4. The fourth-order valence-corrected chi connectivity index (χ4v) is 5.44. The number of carbonyl (C=O) groups is 5. The number of carboxylic acids is 1. The number of hydrogen-bond donors (Lipinski definition) is 4. The van der Waals surface area contributed by atoms with E-state index in [1.165, 1.54) is 17.8 Å². The number of rotatable bonds is 7. The first-order valence-corrected chi connectivity index (χ1v) is 12.5. The van der Waals surface area contributed by atoms with Crippen LogP contribution in [0.25, 0.3) is 5.57 Å². The van der Waals surface area contributed by atoms with Gasteiger partial charge in [-0.05, 0) is 27.7 Å². The lowest BCUT2D eigenvalue weighted by Gasteiger charge is -2.49. The Morgan fingerprint density at radius 3 is 2.61 bits per heavy atom. The topological polar surface area (TPSA) is 190 Å². The van der Waals surface area contributed by atoms with E-state index in [1.54, 1.807) is 33.1 Å². The molecule has 3 heterocycles. The van der Waals surface area contributed by atoms with Gasteiger partial charge in [0.15, 0.2) is 5.13 Å². The molecule has 15 heteroatoms. The third-order valence-corrected chi connectivity index (χ3v) is 6.94. The lowest BCUT2D eigenvalue weighted by Crippen LogP contribution is -2.70. The van der Waals surface area contributed by atoms with Crippen molar-refractivity contribution in [1.29, 1.82) is 0 Å². The van der Waals surface area contributed by atoms with Crippen LogP contribution in [0.2, 0.25) is 0 Å². The van der Waals surface area contributed by atoms with E-state index in [4.69, 9.17) is 10.5 Å². The third kappa shape index (κ3) is 5.96. The molecule has 0 saturated carbocycles. The molecule has 36 heavy (non-hydrogen) atoms. The maximum absolute atomic E-state index is 13.0. The Morgan fingerprint density at radius 1 is 1.33 bits per heavy atom. The molecule has 4 amide bonds. The number of carbonyl (C=O) groups excluding carboxylic acids is 4. The van der Waals surface area contributed by atoms with E-state index in [0.717, 1.165) is 16.2 Å². The number of thioether (sulfide) groups is 1. The van der Waals surface area contributed by atoms with Gasteiger partial charge in [-0.3, -0.25) is 19.8 Å². The third-order valence-electron chi connectivity index (χ3n) is 4.85. The number of ether oxygens (including phenoxy) is 2. The van der Waals surface area contributed by atoms with Crippen molar-refractivity contribution in [3.05, 3.63) is 28.4 Å². The summed E-state index contributed by atoms with van der Waals surface area (Å²) in [5, 5.41) is 15.9. The number of nitrogens with two attached hydrogens (primary N) is 1. The molecular weight excluding hydrogens is 514 g/mol. The Hall–Kier alpha value is -3.59. The minimum atomic E-state index is -1.36. The first-order chi connectivity index (χ1) is 16.8. The summed E-state index contributed by atoms with van der Waals surface area (Å²) in [6, 6.07) is -0.969. The molecule has 2 aliphatic heterocycles. The summed E-state index contributed by atoms with van der Waals surface area (Å²) in [6.45, 7) is 6.43. The predicted octanol–water partition coefficient (Wildman–Crippen LogP) is 1.73. The molecule has 1 saturated heterocycles. The average molecular weight is 540 g/mol. The van der Waals surface area contributed by atoms with Crippen molar-refractivity contribution in [1.82, 2.24) is 15.2 Å². The number of nitrogens with zero attached hydrogens (tertiary/aromatic N) is 2. The van der Waals surface area contributed by atoms with Crippen LogP contribution in [0.3, 0.4) is 0 Å². The molecule has 1 unspecified atom stereocenters. The zero-order valence-electron chi connectivity index (χ0n) is 19.8. The summed E-state index contributed by atoms with van der Waals surface area (Å²) in [7, 11) is 0. The number of aliphatic carboxylic acids is 1. The highest BCUT2D eigenvalue weighted by molar-refractivity contribution is 8.00. The molecule has 0 aromatic carbocycles. The Morgan fingerprint density at radius 2 is 2.03 bits per heavy atom. The van der Waals surface area contributed by atoms with Gasteiger partial charge >= 0.3 is 18.2 Å². The highest BCUT2D eigenvalue weighted by Crippen LogP contribution is 2.40. The van der Waals surface area contributed by atoms with E-state index in [1.807, 2.05) is 0 Å². The molecule has 194 valence electrons. The van der Waals surface area contributed by atoms with Crippen molar-refractivity contribution in [2.45, 2.75) is 44.7 Å². The smallest absolute Gasteiger partial charge is 0.413 e. The van der Waals surface area contributed by atoms with Crippen molar-refractivity contribution in [3.63, 3.8) is 0 Å². The van der Waals surface area contributed by atoms with Gasteiger partial charge in [-0.2, -0.15) is 0 Å². The number of amides is 4. The molecule has 1 fully saturated rings. The lowest BCUT2D eigenvalue weighted by atomic mass is 10.0. The SMILES string of the molecule is CC=C(C(=O)NC1C(=O)N2C(C(=O)O)=C(COC(N)=O)CS[C@@H]12)c1csc(NC(=O)OC(C)(C)C)n1. The lowest BCUT2D eigenvalue weighted by molar-refractivity contribution is -0.150. The molecule has 3 rings (SSSR count). The van der Waals surface area contributed by atoms with Crippen LogP contribution in [0.4, 0.5) is 14.7 Å². The van der Waals surface area contributed by atoms with E-state index in [0.29, 0.717) is 0 Å².